The van der Waals surface area contributed by atoms with Crippen molar-refractivity contribution in [3.05, 3.63) is 64.1 Å². The summed E-state index contributed by atoms with van der Waals surface area (Å²) in [6.07, 6.45) is 1.89. The minimum absolute atomic E-state index is 0.0245. The van der Waals surface area contributed by atoms with E-state index in [0.29, 0.717) is 35.2 Å². The van der Waals surface area contributed by atoms with Crippen molar-refractivity contribution < 1.29 is 9.53 Å². The fourth-order valence-electron chi connectivity index (χ4n) is 2.38. The zero-order valence-electron chi connectivity index (χ0n) is 13.6. The topological polar surface area (TPSA) is 38.3 Å². The predicted octanol–water partition coefficient (Wildman–Crippen LogP) is 5.42. The number of rotatable bonds is 8. The lowest BCUT2D eigenvalue weighted by Gasteiger charge is -2.17. The van der Waals surface area contributed by atoms with Gasteiger partial charge in [-0.1, -0.05) is 60.5 Å². The third-order valence-corrected chi connectivity index (χ3v) is 4.18. The van der Waals surface area contributed by atoms with E-state index in [1.165, 1.54) is 0 Å². The summed E-state index contributed by atoms with van der Waals surface area (Å²) in [5, 5.41) is 4.10. The van der Waals surface area contributed by atoms with Gasteiger partial charge in [0.05, 0.1) is 17.7 Å². The van der Waals surface area contributed by atoms with E-state index in [1.54, 1.807) is 18.2 Å². The van der Waals surface area contributed by atoms with Gasteiger partial charge in [0.15, 0.2) is 0 Å². The Kier molecular flexibility index (Phi) is 7.41. The molecular weight excluding hydrogens is 345 g/mol. The van der Waals surface area contributed by atoms with E-state index in [-0.39, 0.29) is 11.9 Å². The highest BCUT2D eigenvalue weighted by molar-refractivity contribution is 6.35. The van der Waals surface area contributed by atoms with Gasteiger partial charge in [0.25, 0.3) is 0 Å². The smallest absolute Gasteiger partial charge is 0.220 e. The zero-order chi connectivity index (χ0) is 17.4. The van der Waals surface area contributed by atoms with Crippen LogP contribution in [0.25, 0.3) is 0 Å². The second kappa shape index (κ2) is 9.55. The first-order chi connectivity index (χ1) is 11.6. The maximum Gasteiger partial charge on any atom is 0.220 e. The first kappa shape index (κ1) is 18.6. The van der Waals surface area contributed by atoms with Crippen molar-refractivity contribution in [2.75, 3.05) is 6.61 Å². The first-order valence-corrected chi connectivity index (χ1v) is 8.78. The molecule has 0 aliphatic rings. The molecule has 2 rings (SSSR count). The molecule has 1 atom stereocenters. The van der Waals surface area contributed by atoms with E-state index in [1.807, 2.05) is 30.3 Å². The average Bonchev–Trinajstić information content (AvgIpc) is 2.59. The van der Waals surface area contributed by atoms with Crippen LogP contribution in [-0.4, -0.2) is 12.5 Å². The van der Waals surface area contributed by atoms with Crippen molar-refractivity contribution in [3.63, 3.8) is 0 Å². The average molecular weight is 366 g/mol. The largest absolute Gasteiger partial charge is 0.492 e. The molecule has 3 nitrogen and oxygen atoms in total. The minimum atomic E-state index is 0.0245. The van der Waals surface area contributed by atoms with Gasteiger partial charge in [-0.3, -0.25) is 4.79 Å². The number of benzene rings is 2. The highest BCUT2D eigenvalue weighted by atomic mass is 35.5. The number of hydrogen-bond donors (Lipinski definition) is 1. The van der Waals surface area contributed by atoms with E-state index in [9.17, 15) is 4.79 Å². The lowest BCUT2D eigenvalue weighted by molar-refractivity contribution is -0.122. The van der Waals surface area contributed by atoms with Crippen molar-refractivity contribution >= 4 is 29.1 Å². The van der Waals surface area contributed by atoms with Gasteiger partial charge in [0.2, 0.25) is 5.91 Å². The van der Waals surface area contributed by atoms with Crippen LogP contribution in [0.5, 0.6) is 5.75 Å². The summed E-state index contributed by atoms with van der Waals surface area (Å²) >= 11 is 11.9. The van der Waals surface area contributed by atoms with E-state index >= 15 is 0 Å². The van der Waals surface area contributed by atoms with Gasteiger partial charge in [-0.2, -0.15) is 0 Å². The van der Waals surface area contributed by atoms with Crippen molar-refractivity contribution in [1.82, 2.24) is 5.32 Å². The normalized spacial score (nSPS) is 11.8. The number of hydrogen-bond acceptors (Lipinski definition) is 2. The van der Waals surface area contributed by atoms with Crippen molar-refractivity contribution in [3.8, 4) is 5.75 Å². The molecule has 2 aromatic rings. The maximum absolute atomic E-state index is 12.1. The quantitative estimate of drug-likeness (QED) is 0.634. The Morgan fingerprint density at radius 1 is 1.17 bits per heavy atom. The van der Waals surface area contributed by atoms with Crippen molar-refractivity contribution in [2.45, 2.75) is 32.2 Å². The van der Waals surface area contributed by atoms with Gasteiger partial charge in [-0.05, 0) is 36.6 Å². The molecular formula is C19H21Cl2NO2. The molecule has 0 spiro atoms. The molecule has 1 N–H and O–H groups in total. The predicted molar refractivity (Wildman–Crippen MR) is 98.8 cm³/mol. The summed E-state index contributed by atoms with van der Waals surface area (Å²) in [5.41, 5.74) is 1.12. The summed E-state index contributed by atoms with van der Waals surface area (Å²) in [7, 11) is 0. The van der Waals surface area contributed by atoms with E-state index in [4.69, 9.17) is 27.9 Å². The molecule has 128 valence electrons. The molecule has 0 radical (unpaired) electrons. The molecule has 0 fully saturated rings. The lowest BCUT2D eigenvalue weighted by Crippen LogP contribution is -2.28. The molecule has 1 amide bonds. The maximum atomic E-state index is 12.1. The summed E-state index contributed by atoms with van der Waals surface area (Å²) in [6, 6.07) is 15.1. The Labute approximate surface area is 152 Å². The third-order valence-electron chi connectivity index (χ3n) is 3.65. The highest BCUT2D eigenvalue weighted by Gasteiger charge is 2.12. The number of carbonyl (C=O) groups excluding carboxylic acids is 1. The molecule has 0 aliphatic heterocycles. The van der Waals surface area contributed by atoms with E-state index in [2.05, 4.69) is 12.2 Å². The first-order valence-electron chi connectivity index (χ1n) is 8.02. The van der Waals surface area contributed by atoms with Crippen molar-refractivity contribution in [2.24, 2.45) is 0 Å². The molecule has 2 aromatic carbocycles. The Balaban J connectivity index is 1.74. The van der Waals surface area contributed by atoms with Crippen LogP contribution < -0.4 is 10.1 Å². The third kappa shape index (κ3) is 5.73. The van der Waals surface area contributed by atoms with Gasteiger partial charge in [-0.25, -0.2) is 0 Å². The number of halogens is 2. The number of ether oxygens (including phenoxy) is 1. The fraction of sp³-hybridized carbons (Fsp3) is 0.316. The molecule has 5 heteroatoms. The Morgan fingerprint density at radius 3 is 2.58 bits per heavy atom. The van der Waals surface area contributed by atoms with Crippen LogP contribution >= 0.6 is 23.2 Å². The van der Waals surface area contributed by atoms with Crippen LogP contribution in [0.1, 0.15) is 37.8 Å². The van der Waals surface area contributed by atoms with Crippen LogP contribution in [-0.2, 0) is 4.79 Å². The minimum Gasteiger partial charge on any atom is -0.492 e. The summed E-state index contributed by atoms with van der Waals surface area (Å²) in [6.45, 7) is 2.49. The van der Waals surface area contributed by atoms with Gasteiger partial charge < -0.3 is 10.1 Å². The standard InChI is InChI=1S/C19H21Cl2NO2/c1-2-17(14-7-4-3-5-8-14)22-19(23)9-6-12-24-18-11-10-15(20)13-16(18)21/h3-5,7-8,10-11,13,17H,2,6,9,12H2,1H3,(H,22,23). The number of carbonyl (C=O) groups is 1. The summed E-state index contributed by atoms with van der Waals surface area (Å²) < 4.78 is 5.59. The molecule has 0 saturated heterocycles. The van der Waals surface area contributed by atoms with Gasteiger partial charge in [0, 0.05) is 11.4 Å². The second-order valence-corrected chi connectivity index (χ2v) is 6.31. The highest BCUT2D eigenvalue weighted by Crippen LogP contribution is 2.27. The van der Waals surface area contributed by atoms with Crippen molar-refractivity contribution in [1.29, 1.82) is 0 Å². The van der Waals surface area contributed by atoms with Crippen LogP contribution in [0.15, 0.2) is 48.5 Å². The second-order valence-electron chi connectivity index (χ2n) is 5.47. The van der Waals surface area contributed by atoms with E-state index in [0.717, 1.165) is 12.0 Å². The Morgan fingerprint density at radius 2 is 1.92 bits per heavy atom. The summed E-state index contributed by atoms with van der Waals surface area (Å²) in [5.74, 6) is 0.605. The van der Waals surface area contributed by atoms with Crippen LogP contribution in [0.4, 0.5) is 0 Å². The number of amides is 1. The monoisotopic (exact) mass is 365 g/mol. The number of nitrogens with one attached hydrogen (secondary N) is 1. The summed E-state index contributed by atoms with van der Waals surface area (Å²) in [4.78, 5) is 12.1. The van der Waals surface area contributed by atoms with E-state index < -0.39 is 0 Å². The van der Waals surface area contributed by atoms with Gasteiger partial charge in [-0.15, -0.1) is 0 Å². The molecule has 0 heterocycles. The van der Waals surface area contributed by atoms with Crippen LogP contribution in [0.3, 0.4) is 0 Å². The molecule has 0 aliphatic carbocycles. The Hall–Kier alpha value is -1.71. The SMILES string of the molecule is CCC(NC(=O)CCCOc1ccc(Cl)cc1Cl)c1ccccc1. The molecule has 0 aromatic heterocycles. The van der Waals surface area contributed by atoms with Crippen LogP contribution in [0, 0.1) is 0 Å². The van der Waals surface area contributed by atoms with Gasteiger partial charge >= 0.3 is 0 Å². The molecule has 0 bridgehead atoms. The molecule has 0 saturated carbocycles. The van der Waals surface area contributed by atoms with Gasteiger partial charge in [0.1, 0.15) is 5.75 Å². The zero-order valence-corrected chi connectivity index (χ0v) is 15.1. The molecule has 1 unspecified atom stereocenters. The Bertz CT molecular complexity index is 662. The lowest BCUT2D eigenvalue weighted by atomic mass is 10.0. The molecule has 24 heavy (non-hydrogen) atoms. The van der Waals surface area contributed by atoms with Crippen LogP contribution in [0.2, 0.25) is 10.0 Å². The fourth-order valence-corrected chi connectivity index (χ4v) is 2.84.